The van der Waals surface area contributed by atoms with Crippen LogP contribution in [0.3, 0.4) is 0 Å². The van der Waals surface area contributed by atoms with Crippen molar-refractivity contribution in [2.24, 2.45) is 10.2 Å². The van der Waals surface area contributed by atoms with Crippen molar-refractivity contribution in [3.05, 3.63) is 74.8 Å². The number of rotatable bonds is 6. The molecular formula is C23H14Cl2N6O5. The van der Waals surface area contributed by atoms with Gasteiger partial charge in [-0.2, -0.15) is 0 Å². The molecule has 0 aliphatic carbocycles. The van der Waals surface area contributed by atoms with Crippen molar-refractivity contribution in [1.82, 2.24) is 15.0 Å². The molecule has 0 saturated heterocycles. The SMILES string of the molecule is O=C(COc1ccc(-c2nc3cc(Cl)c(Cl)cc3[nH]2)cc1)N=Nc1c(O)[nH]c2ccc([N+](=O)[O-])cc12. The number of nitro benzene ring substituents is 1. The summed E-state index contributed by atoms with van der Waals surface area (Å²) >= 11 is 12.1. The van der Waals surface area contributed by atoms with Gasteiger partial charge in [-0.25, -0.2) is 4.98 Å². The van der Waals surface area contributed by atoms with Gasteiger partial charge in [-0.15, -0.1) is 10.2 Å². The molecule has 0 bridgehead atoms. The van der Waals surface area contributed by atoms with Gasteiger partial charge in [-0.05, 0) is 42.5 Å². The third-order valence-corrected chi connectivity index (χ3v) is 5.94. The van der Waals surface area contributed by atoms with E-state index < -0.39 is 17.4 Å². The van der Waals surface area contributed by atoms with E-state index in [1.807, 2.05) is 0 Å². The van der Waals surface area contributed by atoms with Crippen molar-refractivity contribution in [2.75, 3.05) is 6.61 Å². The Kier molecular flexibility index (Phi) is 6.00. The Morgan fingerprint density at radius 2 is 1.81 bits per heavy atom. The summed E-state index contributed by atoms with van der Waals surface area (Å²) in [5, 5.41) is 29.4. The number of hydrogen-bond donors (Lipinski definition) is 3. The first kappa shape index (κ1) is 23.3. The van der Waals surface area contributed by atoms with Crippen LogP contribution in [-0.2, 0) is 4.79 Å². The van der Waals surface area contributed by atoms with E-state index in [1.54, 1.807) is 36.4 Å². The Labute approximate surface area is 211 Å². The monoisotopic (exact) mass is 524 g/mol. The number of carbonyl (C=O) groups excluding carboxylic acids is 1. The number of nitro groups is 1. The highest BCUT2D eigenvalue weighted by Gasteiger charge is 2.15. The van der Waals surface area contributed by atoms with Crippen molar-refractivity contribution in [1.29, 1.82) is 0 Å². The molecule has 180 valence electrons. The van der Waals surface area contributed by atoms with Gasteiger partial charge in [0.1, 0.15) is 11.6 Å². The van der Waals surface area contributed by atoms with Gasteiger partial charge >= 0.3 is 5.91 Å². The maximum atomic E-state index is 12.2. The molecule has 3 aromatic carbocycles. The van der Waals surface area contributed by atoms with Crippen molar-refractivity contribution in [3.63, 3.8) is 0 Å². The summed E-state index contributed by atoms with van der Waals surface area (Å²) in [5.74, 6) is -0.0633. The summed E-state index contributed by atoms with van der Waals surface area (Å²) < 4.78 is 5.46. The summed E-state index contributed by atoms with van der Waals surface area (Å²) in [6.07, 6.45) is 0. The predicted octanol–water partition coefficient (Wildman–Crippen LogP) is 6.32. The molecule has 0 unspecified atom stereocenters. The van der Waals surface area contributed by atoms with Crippen LogP contribution < -0.4 is 4.74 Å². The Bertz CT molecular complexity index is 1640. The van der Waals surface area contributed by atoms with E-state index in [4.69, 9.17) is 27.9 Å². The van der Waals surface area contributed by atoms with Crippen LogP contribution in [0.4, 0.5) is 11.4 Å². The van der Waals surface area contributed by atoms with Gasteiger partial charge in [0.15, 0.2) is 12.3 Å². The van der Waals surface area contributed by atoms with Gasteiger partial charge in [0.2, 0.25) is 5.88 Å². The van der Waals surface area contributed by atoms with Gasteiger partial charge in [-0.3, -0.25) is 14.9 Å². The third kappa shape index (κ3) is 4.57. The Morgan fingerprint density at radius 3 is 2.56 bits per heavy atom. The average molecular weight is 525 g/mol. The molecule has 13 heteroatoms. The van der Waals surface area contributed by atoms with E-state index in [1.165, 1.54) is 18.2 Å². The molecule has 0 atom stereocenters. The number of H-pyrrole nitrogens is 2. The third-order valence-electron chi connectivity index (χ3n) is 5.22. The van der Waals surface area contributed by atoms with Gasteiger partial charge < -0.3 is 19.8 Å². The smallest absolute Gasteiger partial charge is 0.302 e. The Balaban J connectivity index is 1.26. The fourth-order valence-electron chi connectivity index (χ4n) is 3.50. The van der Waals surface area contributed by atoms with E-state index in [9.17, 15) is 20.0 Å². The number of aromatic amines is 2. The number of nitrogens with zero attached hydrogens (tertiary/aromatic N) is 4. The maximum Gasteiger partial charge on any atom is 0.302 e. The van der Waals surface area contributed by atoms with Crippen LogP contribution in [0.1, 0.15) is 0 Å². The lowest BCUT2D eigenvalue weighted by Crippen LogP contribution is -2.07. The minimum Gasteiger partial charge on any atom is -0.493 e. The van der Waals surface area contributed by atoms with Gasteiger partial charge in [0, 0.05) is 23.1 Å². The molecule has 36 heavy (non-hydrogen) atoms. The van der Waals surface area contributed by atoms with E-state index >= 15 is 0 Å². The number of ether oxygens (including phenoxy) is 1. The van der Waals surface area contributed by atoms with Crippen LogP contribution in [0.25, 0.3) is 33.3 Å². The second-order valence-corrected chi connectivity index (χ2v) is 8.40. The number of aromatic hydroxyl groups is 1. The number of amides is 1. The summed E-state index contributed by atoms with van der Waals surface area (Å²) in [6, 6.07) is 14.2. The molecule has 0 spiro atoms. The number of hydrogen-bond acceptors (Lipinski definition) is 7. The number of imidazole rings is 1. The van der Waals surface area contributed by atoms with Crippen LogP contribution in [0.2, 0.25) is 10.0 Å². The van der Waals surface area contributed by atoms with Crippen LogP contribution in [0, 0.1) is 10.1 Å². The highest BCUT2D eigenvalue weighted by Crippen LogP contribution is 2.37. The van der Waals surface area contributed by atoms with Gasteiger partial charge in [-0.1, -0.05) is 23.2 Å². The number of aromatic nitrogens is 3. The lowest BCUT2D eigenvalue weighted by Gasteiger charge is -2.04. The van der Waals surface area contributed by atoms with Crippen molar-refractivity contribution < 1.29 is 19.6 Å². The van der Waals surface area contributed by atoms with Crippen LogP contribution in [0.15, 0.2) is 64.8 Å². The number of halogens is 2. The zero-order valence-electron chi connectivity index (χ0n) is 18.0. The van der Waals surface area contributed by atoms with E-state index in [2.05, 4.69) is 25.2 Å². The number of nitrogens with one attached hydrogen (secondary N) is 2. The molecule has 2 aromatic heterocycles. The van der Waals surface area contributed by atoms with Gasteiger partial charge in [0.25, 0.3) is 5.69 Å². The molecular weight excluding hydrogens is 511 g/mol. The fourth-order valence-corrected chi connectivity index (χ4v) is 3.82. The molecule has 0 aliphatic rings. The molecule has 3 N–H and O–H groups in total. The topological polar surface area (TPSA) is 159 Å². The lowest BCUT2D eigenvalue weighted by atomic mass is 10.2. The number of non-ortho nitro benzene ring substituents is 1. The molecule has 1 amide bonds. The molecule has 5 rings (SSSR count). The van der Waals surface area contributed by atoms with Crippen LogP contribution in [0.5, 0.6) is 11.6 Å². The first-order chi connectivity index (χ1) is 17.3. The van der Waals surface area contributed by atoms with Crippen molar-refractivity contribution in [2.45, 2.75) is 0 Å². The summed E-state index contributed by atoms with van der Waals surface area (Å²) in [4.78, 5) is 32.9. The summed E-state index contributed by atoms with van der Waals surface area (Å²) in [5.41, 5.74) is 2.33. The van der Waals surface area contributed by atoms with E-state index in [0.717, 1.165) is 11.1 Å². The minimum atomic E-state index is -0.718. The van der Waals surface area contributed by atoms with Crippen molar-refractivity contribution in [3.8, 4) is 23.0 Å². The number of azo groups is 1. The largest absolute Gasteiger partial charge is 0.493 e. The second kappa shape index (κ2) is 9.29. The first-order valence-corrected chi connectivity index (χ1v) is 11.1. The van der Waals surface area contributed by atoms with E-state index in [-0.39, 0.29) is 22.6 Å². The first-order valence-electron chi connectivity index (χ1n) is 10.3. The summed E-state index contributed by atoms with van der Waals surface area (Å²) in [7, 11) is 0. The minimum absolute atomic E-state index is 0.0835. The molecule has 11 nitrogen and oxygen atoms in total. The Morgan fingerprint density at radius 1 is 1.06 bits per heavy atom. The predicted molar refractivity (Wildman–Crippen MR) is 133 cm³/mol. The number of carbonyl (C=O) groups is 1. The standard InChI is InChI=1S/C23H14Cl2N6O5/c24-15-8-18-19(9-16(15)25)27-22(26-18)11-1-4-13(5-2-11)36-10-20(32)29-30-21-14-7-12(31(34)35)3-6-17(14)28-23(21)33/h1-9,28,33H,10H2,(H,26,27). The zero-order valence-corrected chi connectivity index (χ0v) is 19.5. The second-order valence-electron chi connectivity index (χ2n) is 7.58. The quantitative estimate of drug-likeness (QED) is 0.134. The zero-order chi connectivity index (χ0) is 25.4. The molecule has 0 saturated carbocycles. The van der Waals surface area contributed by atoms with Crippen LogP contribution >= 0.6 is 23.2 Å². The van der Waals surface area contributed by atoms with E-state index in [0.29, 0.717) is 32.7 Å². The normalized spacial score (nSPS) is 11.5. The average Bonchev–Trinajstić information content (AvgIpc) is 3.41. The van der Waals surface area contributed by atoms with Crippen LogP contribution in [-0.4, -0.2) is 37.5 Å². The molecule has 0 aliphatic heterocycles. The summed E-state index contributed by atoms with van der Waals surface area (Å²) in [6.45, 7) is -0.409. The lowest BCUT2D eigenvalue weighted by molar-refractivity contribution is -0.384. The fraction of sp³-hybridized carbons (Fsp3) is 0.0435. The molecule has 0 radical (unpaired) electrons. The Hall–Kier alpha value is -4.48. The number of fused-ring (bicyclic) bond motifs is 2. The van der Waals surface area contributed by atoms with Gasteiger partial charge in [0.05, 0.1) is 31.5 Å². The van der Waals surface area contributed by atoms with Crippen molar-refractivity contribution >= 4 is 62.4 Å². The molecule has 0 fully saturated rings. The maximum absolute atomic E-state index is 12.2. The highest BCUT2D eigenvalue weighted by atomic mass is 35.5. The number of benzene rings is 3. The highest BCUT2D eigenvalue weighted by molar-refractivity contribution is 6.42. The molecule has 2 heterocycles. The molecule has 5 aromatic rings.